The molecule has 1 heteroatoms. The molecule has 0 aliphatic heterocycles. The smallest absolute Gasteiger partial charge is 0.0411 e. The maximum Gasteiger partial charge on any atom is 0.0411 e. The number of benzene rings is 3. The quantitative estimate of drug-likeness (QED) is 0.584. The Labute approximate surface area is 132 Å². The standard InChI is InChI=1S/C21H21N/c1-3-22(20-13-9-17(2)10-14-20)21-15-11-19(12-16-21)18-7-5-4-6-8-18/h4-16H,3H2,1-2H3. The third-order valence-electron chi connectivity index (χ3n) is 3.95. The van der Waals surface area contributed by atoms with E-state index in [1.165, 1.54) is 28.1 Å². The summed E-state index contributed by atoms with van der Waals surface area (Å²) in [5, 5.41) is 0. The van der Waals surface area contributed by atoms with Crippen LogP contribution in [-0.2, 0) is 0 Å². The summed E-state index contributed by atoms with van der Waals surface area (Å²) in [6.07, 6.45) is 0. The Morgan fingerprint density at radius 2 is 1.14 bits per heavy atom. The van der Waals surface area contributed by atoms with Gasteiger partial charge in [-0.2, -0.15) is 0 Å². The first kappa shape index (κ1) is 14.4. The first-order valence-corrected chi connectivity index (χ1v) is 7.77. The molecule has 3 aromatic carbocycles. The van der Waals surface area contributed by atoms with Gasteiger partial charge in [-0.25, -0.2) is 0 Å². The van der Waals surface area contributed by atoms with Crippen molar-refractivity contribution in [2.45, 2.75) is 13.8 Å². The van der Waals surface area contributed by atoms with Crippen molar-refractivity contribution in [3.05, 3.63) is 84.4 Å². The molecule has 0 spiro atoms. The highest BCUT2D eigenvalue weighted by Gasteiger charge is 2.07. The molecule has 0 atom stereocenters. The minimum atomic E-state index is 0.952. The number of hydrogen-bond acceptors (Lipinski definition) is 1. The Bertz CT molecular complexity index is 712. The van der Waals surface area contributed by atoms with Gasteiger partial charge in [-0.05, 0) is 49.2 Å². The molecule has 3 rings (SSSR count). The van der Waals surface area contributed by atoms with Crippen molar-refractivity contribution in [1.82, 2.24) is 0 Å². The van der Waals surface area contributed by atoms with Crippen LogP contribution in [0.3, 0.4) is 0 Å². The molecule has 0 aromatic heterocycles. The van der Waals surface area contributed by atoms with Crippen LogP contribution in [0.15, 0.2) is 78.9 Å². The van der Waals surface area contributed by atoms with E-state index >= 15 is 0 Å². The van der Waals surface area contributed by atoms with Gasteiger partial charge in [-0.3, -0.25) is 0 Å². The fourth-order valence-electron chi connectivity index (χ4n) is 2.70. The lowest BCUT2D eigenvalue weighted by Gasteiger charge is -2.23. The molecule has 0 bridgehead atoms. The zero-order chi connectivity index (χ0) is 15.4. The molecule has 110 valence electrons. The second-order valence-electron chi connectivity index (χ2n) is 5.49. The summed E-state index contributed by atoms with van der Waals surface area (Å²) < 4.78 is 0. The topological polar surface area (TPSA) is 3.24 Å². The maximum absolute atomic E-state index is 2.33. The lowest BCUT2D eigenvalue weighted by molar-refractivity contribution is 1.02. The van der Waals surface area contributed by atoms with Crippen LogP contribution in [0, 0.1) is 6.92 Å². The second-order valence-corrected chi connectivity index (χ2v) is 5.49. The van der Waals surface area contributed by atoms with Crippen LogP contribution in [-0.4, -0.2) is 6.54 Å². The van der Waals surface area contributed by atoms with Crippen molar-refractivity contribution in [1.29, 1.82) is 0 Å². The fourth-order valence-corrected chi connectivity index (χ4v) is 2.70. The average molecular weight is 287 g/mol. The third kappa shape index (κ3) is 3.04. The molecule has 0 radical (unpaired) electrons. The highest BCUT2D eigenvalue weighted by atomic mass is 15.1. The van der Waals surface area contributed by atoms with Crippen molar-refractivity contribution in [3.63, 3.8) is 0 Å². The van der Waals surface area contributed by atoms with Gasteiger partial charge < -0.3 is 4.90 Å². The average Bonchev–Trinajstić information content (AvgIpc) is 2.59. The molecule has 0 N–H and O–H groups in total. The Hall–Kier alpha value is -2.54. The van der Waals surface area contributed by atoms with E-state index in [2.05, 4.69) is 91.5 Å². The summed E-state index contributed by atoms with van der Waals surface area (Å²) in [5.41, 5.74) is 6.27. The molecule has 0 unspecified atom stereocenters. The number of rotatable bonds is 4. The van der Waals surface area contributed by atoms with E-state index < -0.39 is 0 Å². The van der Waals surface area contributed by atoms with Gasteiger partial charge in [0.15, 0.2) is 0 Å². The first-order valence-electron chi connectivity index (χ1n) is 7.77. The highest BCUT2D eigenvalue weighted by molar-refractivity contribution is 5.69. The zero-order valence-electron chi connectivity index (χ0n) is 13.2. The van der Waals surface area contributed by atoms with Crippen LogP contribution < -0.4 is 4.90 Å². The number of nitrogens with zero attached hydrogens (tertiary/aromatic N) is 1. The molecule has 0 saturated heterocycles. The van der Waals surface area contributed by atoms with Crippen LogP contribution in [0.2, 0.25) is 0 Å². The minimum absolute atomic E-state index is 0.952. The van der Waals surface area contributed by atoms with Crippen LogP contribution >= 0.6 is 0 Å². The summed E-state index contributed by atoms with van der Waals surface area (Å²) in [6.45, 7) is 5.26. The highest BCUT2D eigenvalue weighted by Crippen LogP contribution is 2.28. The Morgan fingerprint density at radius 1 is 0.636 bits per heavy atom. The molecule has 3 aromatic rings. The molecule has 0 aliphatic carbocycles. The van der Waals surface area contributed by atoms with E-state index in [0.717, 1.165) is 6.54 Å². The van der Waals surface area contributed by atoms with Crippen molar-refractivity contribution in [2.75, 3.05) is 11.4 Å². The Morgan fingerprint density at radius 3 is 1.68 bits per heavy atom. The SMILES string of the molecule is CCN(c1ccc(C)cc1)c1ccc(-c2ccccc2)cc1. The zero-order valence-corrected chi connectivity index (χ0v) is 13.2. The van der Waals surface area contributed by atoms with Crippen molar-refractivity contribution >= 4 is 11.4 Å². The van der Waals surface area contributed by atoms with Gasteiger partial charge in [0.1, 0.15) is 0 Å². The molecule has 0 aliphatic rings. The number of aryl methyl sites for hydroxylation is 1. The number of anilines is 2. The largest absolute Gasteiger partial charge is 0.342 e. The van der Waals surface area contributed by atoms with Crippen molar-refractivity contribution < 1.29 is 0 Å². The minimum Gasteiger partial charge on any atom is -0.342 e. The molecule has 0 amide bonds. The van der Waals surface area contributed by atoms with Gasteiger partial charge in [0, 0.05) is 17.9 Å². The first-order chi connectivity index (χ1) is 10.8. The van der Waals surface area contributed by atoms with E-state index in [1.807, 2.05) is 6.07 Å². The summed E-state index contributed by atoms with van der Waals surface area (Å²) in [7, 11) is 0. The molecular formula is C21H21N. The maximum atomic E-state index is 2.33. The van der Waals surface area contributed by atoms with Crippen LogP contribution in [0.5, 0.6) is 0 Å². The third-order valence-corrected chi connectivity index (χ3v) is 3.95. The summed E-state index contributed by atoms with van der Waals surface area (Å²) >= 11 is 0. The summed E-state index contributed by atoms with van der Waals surface area (Å²) in [5.74, 6) is 0. The Balaban J connectivity index is 1.89. The van der Waals surface area contributed by atoms with Gasteiger partial charge in [0.25, 0.3) is 0 Å². The molecule has 0 fully saturated rings. The molecule has 22 heavy (non-hydrogen) atoms. The van der Waals surface area contributed by atoms with Gasteiger partial charge in [-0.1, -0.05) is 60.2 Å². The predicted molar refractivity (Wildman–Crippen MR) is 95.7 cm³/mol. The molecule has 0 heterocycles. The van der Waals surface area contributed by atoms with E-state index in [9.17, 15) is 0 Å². The van der Waals surface area contributed by atoms with Crippen molar-refractivity contribution in [3.8, 4) is 11.1 Å². The summed E-state index contributed by atoms with van der Waals surface area (Å²) in [6, 6.07) is 28.0. The fraction of sp³-hybridized carbons (Fsp3) is 0.143. The molecule has 0 saturated carbocycles. The van der Waals surface area contributed by atoms with E-state index in [-0.39, 0.29) is 0 Å². The van der Waals surface area contributed by atoms with Gasteiger partial charge >= 0.3 is 0 Å². The van der Waals surface area contributed by atoms with E-state index in [1.54, 1.807) is 0 Å². The predicted octanol–water partition coefficient (Wildman–Crippen LogP) is 5.82. The van der Waals surface area contributed by atoms with Gasteiger partial charge in [0.2, 0.25) is 0 Å². The van der Waals surface area contributed by atoms with Gasteiger partial charge in [-0.15, -0.1) is 0 Å². The van der Waals surface area contributed by atoms with Gasteiger partial charge in [0.05, 0.1) is 0 Å². The van der Waals surface area contributed by atoms with Crippen LogP contribution in [0.4, 0.5) is 11.4 Å². The monoisotopic (exact) mass is 287 g/mol. The number of hydrogen-bond donors (Lipinski definition) is 0. The summed E-state index contributed by atoms with van der Waals surface area (Å²) in [4.78, 5) is 2.33. The lowest BCUT2D eigenvalue weighted by Crippen LogP contribution is -2.15. The Kier molecular flexibility index (Phi) is 4.24. The second kappa shape index (κ2) is 6.48. The lowest BCUT2D eigenvalue weighted by atomic mass is 10.1. The van der Waals surface area contributed by atoms with E-state index in [4.69, 9.17) is 0 Å². The molecule has 1 nitrogen and oxygen atoms in total. The van der Waals surface area contributed by atoms with E-state index in [0.29, 0.717) is 0 Å². The van der Waals surface area contributed by atoms with Crippen LogP contribution in [0.25, 0.3) is 11.1 Å². The van der Waals surface area contributed by atoms with Crippen LogP contribution in [0.1, 0.15) is 12.5 Å². The normalized spacial score (nSPS) is 10.5. The molecular weight excluding hydrogens is 266 g/mol. The van der Waals surface area contributed by atoms with Crippen molar-refractivity contribution in [2.24, 2.45) is 0 Å².